The average Bonchev–Trinajstić information content (AvgIpc) is 3.19. The van der Waals surface area contributed by atoms with Gasteiger partial charge >= 0.3 is 0 Å². The zero-order valence-corrected chi connectivity index (χ0v) is 28.5. The molecule has 0 bridgehead atoms. The summed E-state index contributed by atoms with van der Waals surface area (Å²) in [6.07, 6.45) is 1.14. The molecular formula is C50H38. The summed E-state index contributed by atoms with van der Waals surface area (Å²) >= 11 is 0. The molecule has 0 spiro atoms. The third-order valence-electron chi connectivity index (χ3n) is 10.8. The molecule has 0 saturated carbocycles. The van der Waals surface area contributed by atoms with Crippen molar-refractivity contribution < 1.29 is 0 Å². The molecule has 0 radical (unpaired) electrons. The van der Waals surface area contributed by atoms with E-state index in [1.54, 1.807) is 0 Å². The van der Waals surface area contributed by atoms with E-state index >= 15 is 0 Å². The van der Waals surface area contributed by atoms with Crippen molar-refractivity contribution in [2.45, 2.75) is 26.2 Å². The van der Waals surface area contributed by atoms with Gasteiger partial charge in [-0.15, -0.1) is 0 Å². The molecule has 0 heterocycles. The molecule has 238 valence electrons. The molecular weight excluding hydrogens is 601 g/mol. The summed E-state index contributed by atoms with van der Waals surface area (Å²) in [6, 6.07) is 65.2. The van der Waals surface area contributed by atoms with Crippen LogP contribution in [-0.2, 0) is 0 Å². The minimum absolute atomic E-state index is 0.547. The summed E-state index contributed by atoms with van der Waals surface area (Å²) in [5.41, 5.74) is 11.5. The van der Waals surface area contributed by atoms with Gasteiger partial charge in [0, 0.05) is 0 Å². The van der Waals surface area contributed by atoms with Crippen molar-refractivity contribution >= 4 is 43.1 Å². The summed E-state index contributed by atoms with van der Waals surface area (Å²) in [5.74, 6) is 0.547. The molecule has 0 aromatic heterocycles. The van der Waals surface area contributed by atoms with Gasteiger partial charge in [-0.1, -0.05) is 184 Å². The lowest BCUT2D eigenvalue weighted by molar-refractivity contribution is 0.734. The van der Waals surface area contributed by atoms with Crippen LogP contribution in [0.15, 0.2) is 176 Å². The molecule has 0 fully saturated rings. The van der Waals surface area contributed by atoms with Crippen molar-refractivity contribution in [3.63, 3.8) is 0 Å². The topological polar surface area (TPSA) is 0 Å². The van der Waals surface area contributed by atoms with E-state index < -0.39 is 0 Å². The Balaban J connectivity index is 1.37. The van der Waals surface area contributed by atoms with Gasteiger partial charge in [0.1, 0.15) is 0 Å². The van der Waals surface area contributed by atoms with Gasteiger partial charge in [0.2, 0.25) is 0 Å². The largest absolute Gasteiger partial charge is 0.0648 e. The van der Waals surface area contributed by atoms with Gasteiger partial charge in [-0.25, -0.2) is 0 Å². The van der Waals surface area contributed by atoms with E-state index in [1.165, 1.54) is 93.2 Å². The summed E-state index contributed by atoms with van der Waals surface area (Å²) < 4.78 is 0. The smallest absolute Gasteiger partial charge is 0.00139 e. The van der Waals surface area contributed by atoms with Crippen molar-refractivity contribution in [1.29, 1.82) is 0 Å². The summed E-state index contributed by atoms with van der Waals surface area (Å²) in [7, 11) is 0. The molecule has 0 heteroatoms. The van der Waals surface area contributed by atoms with E-state index in [4.69, 9.17) is 0 Å². The zero-order valence-electron chi connectivity index (χ0n) is 28.5. The zero-order chi connectivity index (χ0) is 33.6. The molecule has 1 unspecified atom stereocenters. The molecule has 9 rings (SSSR count). The van der Waals surface area contributed by atoms with E-state index in [2.05, 4.69) is 190 Å². The number of benzene rings is 9. The van der Waals surface area contributed by atoms with E-state index in [1.807, 2.05) is 0 Å². The third-order valence-corrected chi connectivity index (χ3v) is 10.8. The monoisotopic (exact) mass is 638 g/mol. The molecule has 0 aliphatic rings. The Hall–Kier alpha value is -5.98. The van der Waals surface area contributed by atoms with Crippen molar-refractivity contribution in [2.24, 2.45) is 0 Å². The fourth-order valence-electron chi connectivity index (χ4n) is 8.12. The quantitative estimate of drug-likeness (QED) is 0.159. The van der Waals surface area contributed by atoms with Crippen molar-refractivity contribution in [3.8, 4) is 44.5 Å². The van der Waals surface area contributed by atoms with Crippen molar-refractivity contribution in [2.75, 3.05) is 0 Å². The van der Waals surface area contributed by atoms with Crippen LogP contribution in [0.5, 0.6) is 0 Å². The van der Waals surface area contributed by atoms with E-state index in [-0.39, 0.29) is 0 Å². The first-order valence-corrected chi connectivity index (χ1v) is 17.8. The maximum absolute atomic E-state index is 2.36. The van der Waals surface area contributed by atoms with E-state index in [0.29, 0.717) is 5.92 Å². The fraction of sp³-hybridized carbons (Fsp3) is 0.0800. The maximum atomic E-state index is 2.36. The van der Waals surface area contributed by atoms with Crippen LogP contribution in [0.3, 0.4) is 0 Å². The van der Waals surface area contributed by atoms with Crippen LogP contribution in [0.2, 0.25) is 0 Å². The van der Waals surface area contributed by atoms with Crippen molar-refractivity contribution in [3.05, 3.63) is 181 Å². The highest BCUT2D eigenvalue weighted by Gasteiger charge is 2.22. The van der Waals surface area contributed by atoms with Crippen LogP contribution in [0.25, 0.3) is 87.6 Å². The highest BCUT2D eigenvalue weighted by atomic mass is 14.2. The normalized spacial score (nSPS) is 12.2. The molecule has 0 saturated heterocycles. The van der Waals surface area contributed by atoms with Crippen LogP contribution in [0.4, 0.5) is 0 Å². The standard InChI is InChI=1S/C50H38/c1-3-33(2)34-28-30-36(31-29-34)47-39-20-7-11-24-43(39)49(44-25-12-8-21-40(44)47)50-45-26-13-9-22-41(45)48(42-23-10-14-27-46(42)50)38-19-15-18-37(32-38)35-16-5-4-6-17-35/h4-33H,3H2,1-2H3. The van der Waals surface area contributed by atoms with Gasteiger partial charge in [-0.3, -0.25) is 0 Å². The second kappa shape index (κ2) is 12.5. The Labute approximate surface area is 294 Å². The minimum atomic E-state index is 0.547. The second-order valence-electron chi connectivity index (χ2n) is 13.6. The molecule has 0 nitrogen and oxygen atoms in total. The molecule has 1 atom stereocenters. The average molecular weight is 639 g/mol. The van der Waals surface area contributed by atoms with E-state index in [0.717, 1.165) is 6.42 Å². The maximum Gasteiger partial charge on any atom is -0.00139 e. The lowest BCUT2D eigenvalue weighted by Gasteiger charge is -2.22. The van der Waals surface area contributed by atoms with Gasteiger partial charge in [0.05, 0.1) is 0 Å². The van der Waals surface area contributed by atoms with E-state index in [9.17, 15) is 0 Å². The first-order valence-electron chi connectivity index (χ1n) is 17.8. The first-order chi connectivity index (χ1) is 24.7. The molecule has 0 aliphatic carbocycles. The Bertz CT molecular complexity index is 2570. The molecule has 9 aromatic carbocycles. The molecule has 0 aliphatic heterocycles. The predicted molar refractivity (Wildman–Crippen MR) is 217 cm³/mol. The number of fused-ring (bicyclic) bond motifs is 4. The number of hydrogen-bond acceptors (Lipinski definition) is 0. The Kier molecular flexibility index (Phi) is 7.51. The van der Waals surface area contributed by atoms with Gasteiger partial charge in [0.15, 0.2) is 0 Å². The molecule has 0 N–H and O–H groups in total. The number of rotatable bonds is 6. The summed E-state index contributed by atoms with van der Waals surface area (Å²) in [6.45, 7) is 4.58. The lowest BCUT2D eigenvalue weighted by atomic mass is 9.81. The van der Waals surface area contributed by atoms with Gasteiger partial charge in [0.25, 0.3) is 0 Å². The Morgan fingerprint density at radius 3 is 1.12 bits per heavy atom. The third kappa shape index (κ3) is 4.91. The second-order valence-corrected chi connectivity index (χ2v) is 13.6. The lowest BCUT2D eigenvalue weighted by Crippen LogP contribution is -1.95. The van der Waals surface area contributed by atoms with Crippen LogP contribution in [0, 0.1) is 0 Å². The highest BCUT2D eigenvalue weighted by molar-refractivity contribution is 6.30. The van der Waals surface area contributed by atoms with Crippen molar-refractivity contribution in [1.82, 2.24) is 0 Å². The first kappa shape index (κ1) is 30.1. The minimum Gasteiger partial charge on any atom is -0.0648 e. The fourth-order valence-corrected chi connectivity index (χ4v) is 8.12. The van der Waals surface area contributed by atoms with Crippen LogP contribution in [0.1, 0.15) is 31.7 Å². The van der Waals surface area contributed by atoms with Crippen LogP contribution >= 0.6 is 0 Å². The Morgan fingerprint density at radius 2 is 0.680 bits per heavy atom. The predicted octanol–water partition coefficient (Wildman–Crippen LogP) is 14.5. The molecule has 9 aromatic rings. The molecule has 50 heavy (non-hydrogen) atoms. The van der Waals surface area contributed by atoms with Gasteiger partial charge in [-0.05, 0) is 112 Å². The summed E-state index contributed by atoms with van der Waals surface area (Å²) in [4.78, 5) is 0. The Morgan fingerprint density at radius 1 is 0.320 bits per heavy atom. The van der Waals surface area contributed by atoms with Gasteiger partial charge in [-0.2, -0.15) is 0 Å². The molecule has 0 amide bonds. The van der Waals surface area contributed by atoms with Crippen LogP contribution < -0.4 is 0 Å². The SMILES string of the molecule is CCC(C)c1ccc(-c2c3ccccc3c(-c3c4ccccc4c(-c4cccc(-c5ccccc5)c4)c4ccccc34)c3ccccc23)cc1. The number of hydrogen-bond donors (Lipinski definition) is 0. The summed E-state index contributed by atoms with van der Waals surface area (Å²) in [5, 5.41) is 10.2. The van der Waals surface area contributed by atoms with Crippen LogP contribution in [-0.4, -0.2) is 0 Å². The van der Waals surface area contributed by atoms with Gasteiger partial charge < -0.3 is 0 Å². The highest BCUT2D eigenvalue weighted by Crippen LogP contribution is 2.50.